The van der Waals surface area contributed by atoms with Gasteiger partial charge in [0.15, 0.2) is 0 Å². The van der Waals surface area contributed by atoms with Crippen LogP contribution < -0.4 is 0 Å². The lowest BCUT2D eigenvalue weighted by molar-refractivity contribution is -0.433. The molecule has 1 N–H and O–H groups in total. The van der Waals surface area contributed by atoms with Crippen molar-refractivity contribution in [2.45, 2.75) is 50.2 Å². The first-order valence-electron chi connectivity index (χ1n) is 7.63. The minimum Gasteiger partial charge on any atom is -0.460 e. The number of rotatable bonds is 7. The molecule has 5 nitrogen and oxygen atoms in total. The van der Waals surface area contributed by atoms with Gasteiger partial charge in [-0.05, 0) is 68.1 Å². The van der Waals surface area contributed by atoms with Gasteiger partial charge in [-0.15, -0.1) is 4.33 Å². The van der Waals surface area contributed by atoms with Gasteiger partial charge in [-0.25, -0.2) is 10.1 Å². The summed E-state index contributed by atoms with van der Waals surface area (Å²) in [5.41, 5.74) is 0.183. The Morgan fingerprint density at radius 3 is 2.23 bits per heavy atom. The summed E-state index contributed by atoms with van der Waals surface area (Å²) in [7, 11) is 0. The highest BCUT2D eigenvalue weighted by molar-refractivity contribution is 7.96. The maximum atomic E-state index is 13.3. The summed E-state index contributed by atoms with van der Waals surface area (Å²) in [6.45, 7) is 0.00112. The molecule has 4 aliphatic carbocycles. The predicted molar refractivity (Wildman–Crippen MR) is 73.5 cm³/mol. The number of halogens is 2. The summed E-state index contributed by atoms with van der Waals surface area (Å²) in [5.74, 6) is 0.649. The van der Waals surface area contributed by atoms with E-state index in [9.17, 15) is 13.6 Å². The Morgan fingerprint density at radius 1 is 1.18 bits per heavy atom. The van der Waals surface area contributed by atoms with Crippen molar-refractivity contribution in [2.24, 2.45) is 23.2 Å². The summed E-state index contributed by atoms with van der Waals surface area (Å²) in [5, 5.41) is 7.03. The highest BCUT2D eigenvalue weighted by atomic mass is 32.2. The Kier molecular flexibility index (Phi) is 4.64. The third-order valence-corrected chi connectivity index (χ3v) is 5.94. The highest BCUT2D eigenvalue weighted by Gasteiger charge is 2.51. The number of hydrogen-bond donors (Lipinski definition) is 1. The molecular formula is C14H20F2O5S. The zero-order chi connectivity index (χ0) is 15.8. The van der Waals surface area contributed by atoms with Gasteiger partial charge in [0.1, 0.15) is 12.0 Å². The Bertz CT molecular complexity index is 396. The molecule has 4 saturated carbocycles. The van der Waals surface area contributed by atoms with Gasteiger partial charge >= 0.3 is 11.2 Å². The molecule has 126 valence electrons. The van der Waals surface area contributed by atoms with Crippen molar-refractivity contribution < 1.29 is 32.9 Å². The number of alkyl halides is 2. The van der Waals surface area contributed by atoms with Gasteiger partial charge in [0.25, 0.3) is 0 Å². The second kappa shape index (κ2) is 6.22. The van der Waals surface area contributed by atoms with Crippen molar-refractivity contribution in [3.05, 3.63) is 0 Å². The zero-order valence-corrected chi connectivity index (χ0v) is 12.9. The van der Waals surface area contributed by atoms with Gasteiger partial charge in [-0.3, -0.25) is 0 Å². The zero-order valence-electron chi connectivity index (χ0n) is 12.1. The van der Waals surface area contributed by atoms with Crippen LogP contribution in [0.4, 0.5) is 8.78 Å². The standard InChI is InChI=1S/C14H20F2O5S/c15-14(16,22-21-20-18)12(17)19-2-1-13-6-9-3-10(7-13)5-11(4-9)8-13/h9-11,18H,1-8H2. The van der Waals surface area contributed by atoms with Gasteiger partial charge < -0.3 is 4.74 Å². The second-order valence-corrected chi connectivity index (χ2v) is 7.86. The SMILES string of the molecule is O=C(OCCC12CC3CC(CC(C3)C1)C2)C(F)(F)SOOO. The third-order valence-electron chi connectivity index (χ3n) is 5.44. The van der Waals surface area contributed by atoms with Crippen molar-refractivity contribution in [1.82, 2.24) is 0 Å². The van der Waals surface area contributed by atoms with E-state index in [0.717, 1.165) is 37.0 Å². The molecule has 8 heteroatoms. The lowest BCUT2D eigenvalue weighted by Crippen LogP contribution is -2.46. The molecule has 0 aliphatic heterocycles. The number of esters is 1. The van der Waals surface area contributed by atoms with Crippen molar-refractivity contribution >= 4 is 18.0 Å². The van der Waals surface area contributed by atoms with Gasteiger partial charge in [-0.2, -0.15) is 8.78 Å². The molecule has 0 radical (unpaired) electrons. The first-order valence-corrected chi connectivity index (χ1v) is 8.37. The van der Waals surface area contributed by atoms with Crippen LogP contribution in [-0.4, -0.2) is 23.1 Å². The number of carbonyl (C=O) groups excluding carboxylic acids is 1. The van der Waals surface area contributed by atoms with Crippen LogP contribution in [-0.2, 0) is 18.9 Å². The summed E-state index contributed by atoms with van der Waals surface area (Å²) >= 11 is -0.583. The van der Waals surface area contributed by atoms with E-state index in [-0.39, 0.29) is 12.0 Å². The molecule has 4 aliphatic rings. The fraction of sp³-hybridized carbons (Fsp3) is 0.929. The Hall–Kier alpha value is -0.440. The molecule has 0 heterocycles. The highest BCUT2D eigenvalue weighted by Crippen LogP contribution is 2.61. The van der Waals surface area contributed by atoms with E-state index in [2.05, 4.69) is 9.37 Å². The fourth-order valence-electron chi connectivity index (χ4n) is 5.13. The van der Waals surface area contributed by atoms with Gasteiger partial charge in [0.05, 0.1) is 6.61 Å². The van der Waals surface area contributed by atoms with Crippen LogP contribution in [0.25, 0.3) is 0 Å². The summed E-state index contributed by atoms with van der Waals surface area (Å²) in [6.07, 6.45) is 8.01. The summed E-state index contributed by atoms with van der Waals surface area (Å²) in [4.78, 5) is 11.3. The number of hydrogen-bond acceptors (Lipinski definition) is 6. The van der Waals surface area contributed by atoms with E-state index in [1.54, 1.807) is 0 Å². The van der Waals surface area contributed by atoms with Crippen LogP contribution in [0.3, 0.4) is 0 Å². The van der Waals surface area contributed by atoms with Crippen LogP contribution in [0, 0.1) is 23.2 Å². The van der Waals surface area contributed by atoms with Crippen molar-refractivity contribution in [3.8, 4) is 0 Å². The molecule has 0 atom stereocenters. The lowest BCUT2D eigenvalue weighted by atomic mass is 9.49. The average molecular weight is 338 g/mol. The maximum absolute atomic E-state index is 13.3. The Labute approximate surface area is 131 Å². The largest absolute Gasteiger partial charge is 0.460 e. The van der Waals surface area contributed by atoms with Crippen LogP contribution in [0.15, 0.2) is 0 Å². The average Bonchev–Trinajstić information content (AvgIpc) is 2.43. The number of ether oxygens (including phenoxy) is 1. The van der Waals surface area contributed by atoms with Gasteiger partial charge in [-0.1, -0.05) is 5.04 Å². The second-order valence-electron chi connectivity index (χ2n) is 7.05. The van der Waals surface area contributed by atoms with Crippen LogP contribution >= 0.6 is 12.0 Å². The lowest BCUT2D eigenvalue weighted by Gasteiger charge is -2.57. The van der Waals surface area contributed by atoms with E-state index >= 15 is 0 Å². The van der Waals surface area contributed by atoms with Gasteiger partial charge in [0, 0.05) is 0 Å². The van der Waals surface area contributed by atoms with Crippen molar-refractivity contribution in [1.29, 1.82) is 0 Å². The van der Waals surface area contributed by atoms with Crippen molar-refractivity contribution in [2.75, 3.05) is 6.61 Å². The molecule has 0 unspecified atom stereocenters. The predicted octanol–water partition coefficient (Wildman–Crippen LogP) is 3.80. The smallest absolute Gasteiger partial charge is 0.415 e. The quantitative estimate of drug-likeness (QED) is 0.330. The third kappa shape index (κ3) is 3.39. The van der Waals surface area contributed by atoms with Gasteiger partial charge in [0.2, 0.25) is 0 Å². The molecule has 4 rings (SSSR count). The molecule has 0 spiro atoms. The Balaban J connectivity index is 1.48. The molecule has 0 saturated heterocycles. The van der Waals surface area contributed by atoms with E-state index in [0.29, 0.717) is 6.42 Å². The van der Waals surface area contributed by atoms with E-state index < -0.39 is 23.3 Å². The van der Waals surface area contributed by atoms with E-state index in [4.69, 9.17) is 9.99 Å². The molecule has 0 aromatic heterocycles. The molecular weight excluding hydrogens is 318 g/mol. The van der Waals surface area contributed by atoms with Crippen LogP contribution in [0.5, 0.6) is 0 Å². The van der Waals surface area contributed by atoms with Crippen LogP contribution in [0.1, 0.15) is 44.9 Å². The molecule has 0 aromatic carbocycles. The minimum absolute atomic E-state index is 0.00112. The molecule has 4 fully saturated rings. The first-order chi connectivity index (χ1) is 10.4. The van der Waals surface area contributed by atoms with E-state index in [1.165, 1.54) is 19.3 Å². The summed E-state index contributed by atoms with van der Waals surface area (Å²) < 4.78 is 34.9. The Morgan fingerprint density at radius 2 is 1.73 bits per heavy atom. The van der Waals surface area contributed by atoms with Crippen LogP contribution in [0.2, 0.25) is 0 Å². The topological polar surface area (TPSA) is 65.0 Å². The first kappa shape index (κ1) is 16.4. The number of carbonyl (C=O) groups is 1. The molecule has 0 amide bonds. The molecule has 22 heavy (non-hydrogen) atoms. The van der Waals surface area contributed by atoms with E-state index in [1.807, 2.05) is 0 Å². The van der Waals surface area contributed by atoms with Crippen molar-refractivity contribution in [3.63, 3.8) is 0 Å². The fourth-order valence-corrected chi connectivity index (χ4v) is 5.38. The normalized spacial score (nSPS) is 36.6. The maximum Gasteiger partial charge on any atom is 0.415 e. The molecule has 4 bridgehead atoms. The summed E-state index contributed by atoms with van der Waals surface area (Å²) in [6, 6.07) is 0. The minimum atomic E-state index is -3.90. The molecule has 0 aromatic rings. The monoisotopic (exact) mass is 338 g/mol.